The number of fused-ring (bicyclic) bond motifs is 1. The van der Waals surface area contributed by atoms with Gasteiger partial charge in [-0.05, 0) is 42.7 Å². The minimum absolute atomic E-state index is 0.352. The Hall–Kier alpha value is -3.45. The predicted octanol–water partition coefficient (Wildman–Crippen LogP) is 4.57. The first-order valence-corrected chi connectivity index (χ1v) is 11.2. The van der Waals surface area contributed by atoms with Gasteiger partial charge in [0, 0.05) is 52.6 Å². The van der Waals surface area contributed by atoms with E-state index in [2.05, 4.69) is 30.8 Å². The number of halogens is 1. The summed E-state index contributed by atoms with van der Waals surface area (Å²) in [5.41, 5.74) is 4.39. The summed E-state index contributed by atoms with van der Waals surface area (Å²) >= 11 is 3.56. The number of carbonyl (C=O) groups is 2. The Morgan fingerprint density at radius 1 is 1.00 bits per heavy atom. The first kappa shape index (κ1) is 20.5. The number of nitrogens with one attached hydrogen (secondary N) is 1. The van der Waals surface area contributed by atoms with Crippen molar-refractivity contribution in [1.82, 2.24) is 19.4 Å². The molecule has 1 aliphatic heterocycles. The number of benzene rings is 2. The van der Waals surface area contributed by atoms with Gasteiger partial charge in [-0.2, -0.15) is 0 Å². The van der Waals surface area contributed by atoms with Crippen LogP contribution in [0.15, 0.2) is 71.9 Å². The van der Waals surface area contributed by atoms with Gasteiger partial charge in [0.1, 0.15) is 0 Å². The molecule has 0 atom stereocenters. The van der Waals surface area contributed by atoms with Crippen LogP contribution in [0.25, 0.3) is 22.0 Å². The van der Waals surface area contributed by atoms with Crippen LogP contribution in [0.2, 0.25) is 0 Å². The zero-order valence-corrected chi connectivity index (χ0v) is 19.1. The molecule has 0 spiro atoms. The van der Waals surface area contributed by atoms with Crippen molar-refractivity contribution in [1.29, 1.82) is 0 Å². The second kappa shape index (κ2) is 8.24. The summed E-state index contributed by atoms with van der Waals surface area (Å²) in [6.45, 7) is 3.58. The molecular formula is C25H21BrN4O2. The number of rotatable bonds is 6. The summed E-state index contributed by atoms with van der Waals surface area (Å²) in [5, 5.41) is 3.45. The van der Waals surface area contributed by atoms with Crippen molar-refractivity contribution in [2.24, 2.45) is 0 Å². The van der Waals surface area contributed by atoms with Crippen molar-refractivity contribution < 1.29 is 9.59 Å². The van der Waals surface area contributed by atoms with E-state index in [9.17, 15) is 9.59 Å². The minimum Gasteiger partial charge on any atom is -0.347 e. The minimum atomic E-state index is -0.356. The molecule has 160 valence electrons. The average Bonchev–Trinajstić information content (AvgIpc) is 3.47. The number of hydrogen-bond acceptors (Lipinski definition) is 3. The molecule has 2 aromatic carbocycles. The third-order valence-corrected chi connectivity index (χ3v) is 6.33. The van der Waals surface area contributed by atoms with E-state index in [-0.39, 0.29) is 11.8 Å². The topological polar surface area (TPSA) is 68.9 Å². The van der Waals surface area contributed by atoms with Gasteiger partial charge < -0.3 is 9.13 Å². The fraction of sp³-hybridized carbons (Fsp3) is 0.160. The van der Waals surface area contributed by atoms with E-state index in [1.807, 2.05) is 72.7 Å². The molecule has 0 fully saturated rings. The van der Waals surface area contributed by atoms with Crippen LogP contribution in [-0.2, 0) is 22.7 Å². The van der Waals surface area contributed by atoms with E-state index < -0.39 is 0 Å². The Labute approximate surface area is 193 Å². The number of carbonyl (C=O) groups excluding carboxylic acids is 2. The van der Waals surface area contributed by atoms with Gasteiger partial charge >= 0.3 is 0 Å². The number of nitrogens with zero attached hydrogens (tertiary/aromatic N) is 3. The molecular weight excluding hydrogens is 468 g/mol. The first-order chi connectivity index (χ1) is 15.5. The third-order valence-electron chi connectivity index (χ3n) is 5.83. The van der Waals surface area contributed by atoms with Crippen LogP contribution in [-0.4, -0.2) is 25.9 Å². The Morgan fingerprint density at radius 2 is 1.78 bits per heavy atom. The van der Waals surface area contributed by atoms with Gasteiger partial charge in [0.2, 0.25) is 0 Å². The van der Waals surface area contributed by atoms with Gasteiger partial charge in [-0.1, -0.05) is 40.2 Å². The lowest BCUT2D eigenvalue weighted by Crippen LogP contribution is -2.22. The number of aromatic nitrogens is 3. The second-order valence-electron chi connectivity index (χ2n) is 7.90. The van der Waals surface area contributed by atoms with E-state index >= 15 is 0 Å². The Morgan fingerprint density at radius 3 is 2.53 bits per heavy atom. The maximum absolute atomic E-state index is 13.0. The van der Waals surface area contributed by atoms with E-state index in [4.69, 9.17) is 0 Å². The van der Waals surface area contributed by atoms with Gasteiger partial charge in [-0.15, -0.1) is 0 Å². The van der Waals surface area contributed by atoms with Crippen LogP contribution in [0, 0.1) is 6.92 Å². The molecule has 5 rings (SSSR count). The van der Waals surface area contributed by atoms with Gasteiger partial charge in [0.05, 0.1) is 17.5 Å². The van der Waals surface area contributed by atoms with E-state index in [0.29, 0.717) is 11.1 Å². The molecule has 0 radical (unpaired) electrons. The van der Waals surface area contributed by atoms with Crippen molar-refractivity contribution in [3.8, 4) is 0 Å². The lowest BCUT2D eigenvalue weighted by molar-refractivity contribution is -0.122. The molecule has 1 aliphatic rings. The quantitative estimate of drug-likeness (QED) is 0.404. The summed E-state index contributed by atoms with van der Waals surface area (Å²) in [6.07, 6.45) is 8.44. The van der Waals surface area contributed by atoms with Crippen LogP contribution in [0.4, 0.5) is 0 Å². The Kier molecular flexibility index (Phi) is 5.27. The summed E-state index contributed by atoms with van der Waals surface area (Å²) in [7, 11) is 0. The lowest BCUT2D eigenvalue weighted by atomic mass is 9.93. The van der Waals surface area contributed by atoms with E-state index in [1.165, 1.54) is 0 Å². The molecule has 0 aliphatic carbocycles. The summed E-state index contributed by atoms with van der Waals surface area (Å²) in [4.78, 5) is 29.9. The number of aryl methyl sites for hydroxylation is 3. The highest BCUT2D eigenvalue weighted by Gasteiger charge is 2.34. The Balaban J connectivity index is 1.64. The normalized spacial score (nSPS) is 13.9. The molecule has 0 saturated heterocycles. The van der Waals surface area contributed by atoms with Crippen molar-refractivity contribution in [2.75, 3.05) is 0 Å². The van der Waals surface area contributed by atoms with E-state index in [0.717, 1.165) is 51.6 Å². The summed E-state index contributed by atoms with van der Waals surface area (Å²) < 4.78 is 5.13. The van der Waals surface area contributed by atoms with Crippen LogP contribution in [0.1, 0.15) is 23.1 Å². The van der Waals surface area contributed by atoms with Crippen molar-refractivity contribution in [3.05, 3.63) is 88.5 Å². The van der Waals surface area contributed by atoms with E-state index in [1.54, 1.807) is 6.20 Å². The molecule has 3 heterocycles. The zero-order chi connectivity index (χ0) is 22.2. The molecule has 0 bridgehead atoms. The summed E-state index contributed by atoms with van der Waals surface area (Å²) in [5.74, 6) is -0.707. The molecule has 6 nitrogen and oxygen atoms in total. The number of imidazole rings is 1. The fourth-order valence-corrected chi connectivity index (χ4v) is 4.68. The SMILES string of the molecule is Cc1ccccc1C1=C(c2cn(CCCn3ccnc3)c3ccc(Br)cc23)C(=O)NC1=O. The highest BCUT2D eigenvalue weighted by atomic mass is 79.9. The van der Waals surface area contributed by atoms with Crippen molar-refractivity contribution >= 4 is 49.8 Å². The van der Waals surface area contributed by atoms with Crippen LogP contribution in [0.5, 0.6) is 0 Å². The predicted molar refractivity (Wildman–Crippen MR) is 128 cm³/mol. The largest absolute Gasteiger partial charge is 0.347 e. The molecule has 2 amide bonds. The second-order valence-corrected chi connectivity index (χ2v) is 8.82. The smallest absolute Gasteiger partial charge is 0.259 e. The van der Waals surface area contributed by atoms with Crippen molar-refractivity contribution in [3.63, 3.8) is 0 Å². The third kappa shape index (κ3) is 3.58. The number of hydrogen-bond donors (Lipinski definition) is 1. The van der Waals surface area contributed by atoms with Crippen LogP contribution >= 0.6 is 15.9 Å². The average molecular weight is 489 g/mol. The van der Waals surface area contributed by atoms with Gasteiger partial charge in [0.25, 0.3) is 11.8 Å². The number of amides is 2. The molecule has 0 saturated carbocycles. The monoisotopic (exact) mass is 488 g/mol. The molecule has 1 N–H and O–H groups in total. The zero-order valence-electron chi connectivity index (χ0n) is 17.5. The Bertz CT molecular complexity index is 1380. The first-order valence-electron chi connectivity index (χ1n) is 10.4. The summed E-state index contributed by atoms with van der Waals surface area (Å²) in [6, 6.07) is 13.7. The highest BCUT2D eigenvalue weighted by Crippen LogP contribution is 2.37. The van der Waals surface area contributed by atoms with Crippen LogP contribution < -0.4 is 5.32 Å². The van der Waals surface area contributed by atoms with Crippen molar-refractivity contribution in [2.45, 2.75) is 26.4 Å². The molecule has 2 aromatic heterocycles. The van der Waals surface area contributed by atoms with Gasteiger partial charge in [-0.25, -0.2) is 4.98 Å². The highest BCUT2D eigenvalue weighted by molar-refractivity contribution is 9.10. The fourth-order valence-electron chi connectivity index (χ4n) is 4.32. The molecule has 0 unspecified atom stereocenters. The van der Waals surface area contributed by atoms with Crippen LogP contribution in [0.3, 0.4) is 0 Å². The standard InChI is InChI=1S/C25H21BrN4O2/c1-16-5-2-3-6-18(16)22-23(25(32)28-24(22)31)20-14-30(11-4-10-29-12-9-27-15-29)21-8-7-17(26)13-19(20)21/h2-3,5-9,12-15H,4,10-11H2,1H3,(H,28,31,32). The molecule has 4 aromatic rings. The maximum Gasteiger partial charge on any atom is 0.259 e. The molecule has 32 heavy (non-hydrogen) atoms. The van der Waals surface area contributed by atoms with Gasteiger partial charge in [0.15, 0.2) is 0 Å². The van der Waals surface area contributed by atoms with Gasteiger partial charge in [-0.3, -0.25) is 14.9 Å². The maximum atomic E-state index is 13.0. The number of imide groups is 1. The molecule has 7 heteroatoms. The lowest BCUT2D eigenvalue weighted by Gasteiger charge is -2.07.